The van der Waals surface area contributed by atoms with Gasteiger partial charge in [-0.15, -0.1) is 0 Å². The lowest BCUT2D eigenvalue weighted by Gasteiger charge is -2.04. The standard InChI is InChI=1S/C8H14N4O3/c1-6(13)5-11-7(4-9-2)3-8(10-11)12(14)15/h3,6,9,13H,4-5H2,1-2H3. The van der Waals surface area contributed by atoms with Crippen molar-refractivity contribution < 1.29 is 10.0 Å². The summed E-state index contributed by atoms with van der Waals surface area (Å²) in [5.41, 5.74) is 0.685. The Labute approximate surface area is 86.9 Å². The number of rotatable bonds is 5. The number of hydrogen-bond acceptors (Lipinski definition) is 5. The maximum Gasteiger partial charge on any atom is 0.390 e. The van der Waals surface area contributed by atoms with Gasteiger partial charge in [0, 0.05) is 6.54 Å². The highest BCUT2D eigenvalue weighted by atomic mass is 16.6. The molecule has 0 radical (unpaired) electrons. The van der Waals surface area contributed by atoms with Crippen LogP contribution in [0.1, 0.15) is 12.6 Å². The second-order valence-electron chi connectivity index (χ2n) is 3.31. The number of nitrogens with zero attached hydrogens (tertiary/aromatic N) is 3. The van der Waals surface area contributed by atoms with Gasteiger partial charge in [0.05, 0.1) is 29.5 Å². The van der Waals surface area contributed by atoms with E-state index in [-0.39, 0.29) is 12.4 Å². The molecule has 0 aliphatic rings. The number of aromatic nitrogens is 2. The van der Waals surface area contributed by atoms with Gasteiger partial charge in [0.1, 0.15) is 0 Å². The van der Waals surface area contributed by atoms with Crippen molar-refractivity contribution in [3.05, 3.63) is 21.9 Å². The average Bonchev–Trinajstić information content (AvgIpc) is 2.48. The van der Waals surface area contributed by atoms with Crippen molar-refractivity contribution in [3.63, 3.8) is 0 Å². The summed E-state index contributed by atoms with van der Waals surface area (Å²) in [6.07, 6.45) is -0.583. The Morgan fingerprint density at radius 3 is 2.93 bits per heavy atom. The molecule has 1 heterocycles. The van der Waals surface area contributed by atoms with Gasteiger partial charge in [0.25, 0.3) is 0 Å². The fourth-order valence-electron chi connectivity index (χ4n) is 1.26. The number of hydrogen-bond donors (Lipinski definition) is 2. The Morgan fingerprint density at radius 1 is 1.80 bits per heavy atom. The lowest BCUT2D eigenvalue weighted by Crippen LogP contribution is -2.18. The summed E-state index contributed by atoms with van der Waals surface area (Å²) < 4.78 is 1.44. The van der Waals surface area contributed by atoms with Crippen LogP contribution in [-0.4, -0.2) is 33.0 Å². The van der Waals surface area contributed by atoms with Crippen molar-refractivity contribution in [1.82, 2.24) is 15.1 Å². The molecule has 1 aromatic rings. The van der Waals surface area contributed by atoms with E-state index in [1.54, 1.807) is 14.0 Å². The molecule has 2 N–H and O–H groups in total. The summed E-state index contributed by atoms with van der Waals surface area (Å²) in [4.78, 5) is 9.96. The summed E-state index contributed by atoms with van der Waals surface area (Å²) in [6, 6.07) is 1.40. The van der Waals surface area contributed by atoms with E-state index in [1.807, 2.05) is 0 Å². The SMILES string of the molecule is CNCc1cc([N+](=O)[O-])nn1CC(C)O. The van der Waals surface area contributed by atoms with Crippen molar-refractivity contribution in [3.8, 4) is 0 Å². The summed E-state index contributed by atoms with van der Waals surface area (Å²) in [5, 5.41) is 26.4. The zero-order chi connectivity index (χ0) is 11.4. The Hall–Kier alpha value is -1.47. The van der Waals surface area contributed by atoms with Crippen LogP contribution >= 0.6 is 0 Å². The molecule has 0 saturated heterocycles. The van der Waals surface area contributed by atoms with Crippen molar-refractivity contribution in [2.75, 3.05) is 7.05 Å². The van der Waals surface area contributed by atoms with Gasteiger partial charge in [0.15, 0.2) is 0 Å². The number of aliphatic hydroxyl groups is 1. The number of aliphatic hydroxyl groups excluding tert-OH is 1. The predicted molar refractivity (Wildman–Crippen MR) is 53.3 cm³/mol. The van der Waals surface area contributed by atoms with Crippen LogP contribution in [0.2, 0.25) is 0 Å². The van der Waals surface area contributed by atoms with Crippen LogP contribution in [0.25, 0.3) is 0 Å². The summed E-state index contributed by atoms with van der Waals surface area (Å²) in [6.45, 7) is 2.34. The molecule has 0 amide bonds. The van der Waals surface area contributed by atoms with E-state index in [0.717, 1.165) is 0 Å². The van der Waals surface area contributed by atoms with Crippen LogP contribution in [0.5, 0.6) is 0 Å². The third-order valence-electron chi connectivity index (χ3n) is 1.83. The zero-order valence-electron chi connectivity index (χ0n) is 8.67. The molecule has 84 valence electrons. The first-order chi connectivity index (χ1) is 7.04. The number of nitro groups is 1. The number of nitrogens with one attached hydrogen (secondary N) is 1. The highest BCUT2D eigenvalue weighted by Gasteiger charge is 2.18. The molecule has 0 aromatic carbocycles. The van der Waals surface area contributed by atoms with Crippen LogP contribution < -0.4 is 5.32 Å². The maximum absolute atomic E-state index is 10.5. The van der Waals surface area contributed by atoms with Gasteiger partial charge in [-0.3, -0.25) is 0 Å². The largest absolute Gasteiger partial charge is 0.391 e. The molecule has 0 bridgehead atoms. The van der Waals surface area contributed by atoms with E-state index in [1.165, 1.54) is 10.7 Å². The first-order valence-corrected chi connectivity index (χ1v) is 4.58. The van der Waals surface area contributed by atoms with Gasteiger partial charge < -0.3 is 20.5 Å². The van der Waals surface area contributed by atoms with Gasteiger partial charge in [-0.1, -0.05) is 0 Å². The second kappa shape index (κ2) is 4.85. The molecule has 0 aliphatic carbocycles. The summed E-state index contributed by atoms with van der Waals surface area (Å²) >= 11 is 0. The van der Waals surface area contributed by atoms with Gasteiger partial charge in [-0.25, -0.2) is 0 Å². The molecular weight excluding hydrogens is 200 g/mol. The van der Waals surface area contributed by atoms with Crippen LogP contribution in [0.15, 0.2) is 6.07 Å². The van der Waals surface area contributed by atoms with Gasteiger partial charge in [0.2, 0.25) is 0 Å². The molecule has 1 unspecified atom stereocenters. The van der Waals surface area contributed by atoms with Crippen molar-refractivity contribution in [2.45, 2.75) is 26.1 Å². The van der Waals surface area contributed by atoms with E-state index < -0.39 is 11.0 Å². The van der Waals surface area contributed by atoms with E-state index in [2.05, 4.69) is 10.4 Å². The minimum atomic E-state index is -0.583. The Kier molecular flexibility index (Phi) is 3.75. The highest BCUT2D eigenvalue weighted by Crippen LogP contribution is 2.12. The van der Waals surface area contributed by atoms with Crippen LogP contribution in [0.3, 0.4) is 0 Å². The quantitative estimate of drug-likeness (QED) is 0.527. The normalized spacial score (nSPS) is 12.7. The molecule has 0 saturated carbocycles. The fourth-order valence-corrected chi connectivity index (χ4v) is 1.26. The molecule has 1 atom stereocenters. The third-order valence-corrected chi connectivity index (χ3v) is 1.83. The molecule has 1 aromatic heterocycles. The zero-order valence-corrected chi connectivity index (χ0v) is 8.67. The smallest absolute Gasteiger partial charge is 0.390 e. The molecule has 1 rings (SSSR count). The van der Waals surface area contributed by atoms with Crippen molar-refractivity contribution in [1.29, 1.82) is 0 Å². The van der Waals surface area contributed by atoms with Gasteiger partial charge in [-0.2, -0.15) is 4.68 Å². The summed E-state index contributed by atoms with van der Waals surface area (Å²) in [7, 11) is 1.74. The van der Waals surface area contributed by atoms with E-state index in [0.29, 0.717) is 12.2 Å². The molecule has 0 aliphatic heterocycles. The Bertz CT molecular complexity index is 348. The minimum Gasteiger partial charge on any atom is -0.391 e. The van der Waals surface area contributed by atoms with Gasteiger partial charge in [-0.05, 0) is 18.9 Å². The average molecular weight is 214 g/mol. The maximum atomic E-state index is 10.5. The highest BCUT2D eigenvalue weighted by molar-refractivity contribution is 5.22. The topological polar surface area (TPSA) is 93.2 Å². The third kappa shape index (κ3) is 3.00. The fraction of sp³-hybridized carbons (Fsp3) is 0.625. The first-order valence-electron chi connectivity index (χ1n) is 4.58. The first kappa shape index (κ1) is 11.6. The van der Waals surface area contributed by atoms with Crippen LogP contribution in [0, 0.1) is 10.1 Å². The molecule has 15 heavy (non-hydrogen) atoms. The van der Waals surface area contributed by atoms with Crippen LogP contribution in [-0.2, 0) is 13.1 Å². The van der Waals surface area contributed by atoms with Crippen molar-refractivity contribution in [2.24, 2.45) is 0 Å². The van der Waals surface area contributed by atoms with E-state index in [9.17, 15) is 15.2 Å². The Morgan fingerprint density at radius 2 is 2.47 bits per heavy atom. The van der Waals surface area contributed by atoms with Crippen molar-refractivity contribution >= 4 is 5.82 Å². The van der Waals surface area contributed by atoms with Crippen LogP contribution in [0.4, 0.5) is 5.82 Å². The minimum absolute atomic E-state index is 0.194. The monoisotopic (exact) mass is 214 g/mol. The molecule has 0 fully saturated rings. The molecule has 0 spiro atoms. The Balaban J connectivity index is 2.94. The van der Waals surface area contributed by atoms with E-state index in [4.69, 9.17) is 0 Å². The predicted octanol–water partition coefficient (Wildman–Crippen LogP) is -0.109. The molecule has 7 nitrogen and oxygen atoms in total. The lowest BCUT2D eigenvalue weighted by atomic mass is 10.3. The van der Waals surface area contributed by atoms with Gasteiger partial charge >= 0.3 is 5.82 Å². The van der Waals surface area contributed by atoms with E-state index >= 15 is 0 Å². The molecule has 7 heteroatoms. The lowest BCUT2D eigenvalue weighted by molar-refractivity contribution is -0.389. The molecular formula is C8H14N4O3. The summed E-state index contributed by atoms with van der Waals surface area (Å²) in [5.74, 6) is -0.194. The second-order valence-corrected chi connectivity index (χ2v) is 3.31.